The smallest absolute Gasteiger partial charge is 0.321 e. The fourth-order valence-electron chi connectivity index (χ4n) is 2.93. The van der Waals surface area contributed by atoms with Crippen LogP contribution in [0.15, 0.2) is 0 Å². The van der Waals surface area contributed by atoms with Gasteiger partial charge in [-0.25, -0.2) is 0 Å². The summed E-state index contributed by atoms with van der Waals surface area (Å²) in [6.45, 7) is 0.374. The first-order chi connectivity index (χ1) is 7.59. The van der Waals surface area contributed by atoms with Crippen molar-refractivity contribution in [2.24, 2.45) is 0 Å². The van der Waals surface area contributed by atoms with Crippen molar-refractivity contribution < 1.29 is 20.1 Å². The van der Waals surface area contributed by atoms with E-state index in [2.05, 4.69) is 0 Å². The number of aliphatic hydroxyl groups is 2. The van der Waals surface area contributed by atoms with E-state index in [0.29, 0.717) is 6.54 Å². The Bertz CT molecular complexity index is 271. The van der Waals surface area contributed by atoms with Gasteiger partial charge in [0.2, 0.25) is 0 Å². The Labute approximate surface area is 94.7 Å². The molecular weight excluding hydrogens is 210 g/mol. The predicted octanol–water partition coefficient (Wildman–Crippen LogP) is -0.190. The van der Waals surface area contributed by atoms with E-state index in [0.717, 1.165) is 25.7 Å². The Balaban J connectivity index is 2.08. The number of likely N-dealkylation sites (tertiary alicyclic amines) is 1. The van der Waals surface area contributed by atoms with Crippen molar-refractivity contribution >= 4 is 5.97 Å². The summed E-state index contributed by atoms with van der Waals surface area (Å²) >= 11 is 0. The monoisotopic (exact) mass is 229 g/mol. The van der Waals surface area contributed by atoms with E-state index in [4.69, 9.17) is 5.11 Å². The number of carboxylic acids is 1. The summed E-state index contributed by atoms with van der Waals surface area (Å²) < 4.78 is 0. The molecule has 16 heavy (non-hydrogen) atoms. The minimum absolute atomic E-state index is 0.0907. The van der Waals surface area contributed by atoms with Gasteiger partial charge in [0.25, 0.3) is 0 Å². The first kappa shape index (κ1) is 11.8. The van der Waals surface area contributed by atoms with Crippen molar-refractivity contribution in [3.63, 3.8) is 0 Å². The van der Waals surface area contributed by atoms with Crippen LogP contribution in [0.1, 0.15) is 32.1 Å². The third kappa shape index (κ3) is 2.21. The lowest BCUT2D eigenvalue weighted by atomic mass is 9.91. The van der Waals surface area contributed by atoms with E-state index < -0.39 is 24.2 Å². The predicted molar refractivity (Wildman–Crippen MR) is 57.0 cm³/mol. The maximum Gasteiger partial charge on any atom is 0.321 e. The molecule has 2 fully saturated rings. The molecule has 3 N–H and O–H groups in total. The Hall–Kier alpha value is -0.650. The largest absolute Gasteiger partial charge is 0.480 e. The molecule has 1 aliphatic heterocycles. The number of hydrogen-bond donors (Lipinski definition) is 3. The normalized spacial score (nSPS) is 41.1. The highest BCUT2D eigenvalue weighted by atomic mass is 16.4. The molecule has 0 aromatic rings. The molecule has 0 spiro atoms. The highest BCUT2D eigenvalue weighted by Gasteiger charge is 2.42. The Kier molecular flexibility index (Phi) is 3.47. The van der Waals surface area contributed by atoms with Gasteiger partial charge in [-0.2, -0.15) is 0 Å². The third-order valence-electron chi connectivity index (χ3n) is 3.72. The molecule has 3 unspecified atom stereocenters. The van der Waals surface area contributed by atoms with Gasteiger partial charge in [-0.3, -0.25) is 9.69 Å². The maximum absolute atomic E-state index is 11.1. The lowest BCUT2D eigenvalue weighted by molar-refractivity contribution is -0.144. The third-order valence-corrected chi connectivity index (χ3v) is 3.72. The second-order valence-corrected chi connectivity index (χ2v) is 4.86. The van der Waals surface area contributed by atoms with Crippen LogP contribution in [-0.4, -0.2) is 57.0 Å². The highest BCUT2D eigenvalue weighted by Crippen LogP contribution is 2.29. The van der Waals surface area contributed by atoms with Gasteiger partial charge in [0.1, 0.15) is 6.04 Å². The number of nitrogens with zero attached hydrogens (tertiary/aromatic N) is 1. The van der Waals surface area contributed by atoms with Crippen LogP contribution >= 0.6 is 0 Å². The van der Waals surface area contributed by atoms with Crippen LogP contribution in [0.3, 0.4) is 0 Å². The summed E-state index contributed by atoms with van der Waals surface area (Å²) in [7, 11) is 0. The summed E-state index contributed by atoms with van der Waals surface area (Å²) in [5.74, 6) is -0.894. The van der Waals surface area contributed by atoms with Gasteiger partial charge >= 0.3 is 5.97 Å². The van der Waals surface area contributed by atoms with E-state index in [1.807, 2.05) is 0 Å². The zero-order chi connectivity index (χ0) is 11.7. The van der Waals surface area contributed by atoms with Gasteiger partial charge in [-0.1, -0.05) is 12.8 Å². The minimum Gasteiger partial charge on any atom is -0.480 e. The zero-order valence-electron chi connectivity index (χ0n) is 9.25. The molecule has 5 nitrogen and oxygen atoms in total. The molecule has 0 radical (unpaired) electrons. The fourth-order valence-corrected chi connectivity index (χ4v) is 2.93. The quantitative estimate of drug-likeness (QED) is 0.611. The van der Waals surface area contributed by atoms with E-state index >= 15 is 0 Å². The molecule has 2 aliphatic rings. The molecule has 5 heteroatoms. The van der Waals surface area contributed by atoms with E-state index in [1.165, 1.54) is 0 Å². The summed E-state index contributed by atoms with van der Waals surface area (Å²) in [6, 6.07) is -0.722. The van der Waals surface area contributed by atoms with Crippen molar-refractivity contribution in [2.75, 3.05) is 6.54 Å². The molecule has 1 heterocycles. The number of carboxylic acid groups (broad SMARTS) is 1. The van der Waals surface area contributed by atoms with Crippen LogP contribution in [0.2, 0.25) is 0 Å². The van der Waals surface area contributed by atoms with Gasteiger partial charge in [-0.15, -0.1) is 0 Å². The van der Waals surface area contributed by atoms with Gasteiger partial charge in [-0.05, 0) is 12.8 Å². The standard InChI is InChI=1S/C11H19NO4/c13-7-5-9(11(15)16)12(6-7)8-3-1-2-4-10(8)14/h7-10,13-14H,1-6H2,(H,15,16)/t7?,8?,9?,10-/m1/s1. The topological polar surface area (TPSA) is 81.0 Å². The molecule has 0 bridgehead atoms. The van der Waals surface area contributed by atoms with Gasteiger partial charge < -0.3 is 15.3 Å². The van der Waals surface area contributed by atoms with Crippen LogP contribution in [0.25, 0.3) is 0 Å². The van der Waals surface area contributed by atoms with Gasteiger partial charge in [0.05, 0.1) is 12.2 Å². The van der Waals surface area contributed by atoms with Crippen LogP contribution < -0.4 is 0 Å². The summed E-state index contributed by atoms with van der Waals surface area (Å²) in [5.41, 5.74) is 0. The lowest BCUT2D eigenvalue weighted by Gasteiger charge is -2.37. The van der Waals surface area contributed by atoms with Gasteiger partial charge in [0, 0.05) is 19.0 Å². The number of carbonyl (C=O) groups is 1. The molecule has 1 saturated heterocycles. The van der Waals surface area contributed by atoms with Gasteiger partial charge in [0.15, 0.2) is 0 Å². The molecule has 92 valence electrons. The molecule has 2 rings (SSSR count). The SMILES string of the molecule is O=C(O)C1CC(O)CN1C1CCCC[C@H]1O. The van der Waals surface area contributed by atoms with Crippen molar-refractivity contribution in [2.45, 2.75) is 56.4 Å². The van der Waals surface area contributed by atoms with Crippen molar-refractivity contribution in [1.82, 2.24) is 4.90 Å². The molecule has 0 aromatic carbocycles. The van der Waals surface area contributed by atoms with Crippen LogP contribution in [-0.2, 0) is 4.79 Å². The second kappa shape index (κ2) is 4.69. The highest BCUT2D eigenvalue weighted by molar-refractivity contribution is 5.74. The summed E-state index contributed by atoms with van der Waals surface area (Å²) in [4.78, 5) is 12.8. The molecule has 4 atom stereocenters. The second-order valence-electron chi connectivity index (χ2n) is 4.86. The van der Waals surface area contributed by atoms with E-state index in [9.17, 15) is 15.0 Å². The number of aliphatic carboxylic acids is 1. The first-order valence-corrected chi connectivity index (χ1v) is 5.94. The Morgan fingerprint density at radius 1 is 1.19 bits per heavy atom. The number of hydrogen-bond acceptors (Lipinski definition) is 4. The zero-order valence-corrected chi connectivity index (χ0v) is 9.25. The maximum atomic E-state index is 11.1. The lowest BCUT2D eigenvalue weighted by Crippen LogP contribution is -2.50. The summed E-state index contributed by atoms with van der Waals surface area (Å²) in [6.07, 6.45) is 2.86. The molecular formula is C11H19NO4. The number of β-amino-alcohol motifs (C(OH)–C–C–N with tert-alkyl or cyclic N) is 1. The van der Waals surface area contributed by atoms with E-state index in [-0.39, 0.29) is 12.5 Å². The summed E-state index contributed by atoms with van der Waals surface area (Å²) in [5, 5.41) is 28.5. The minimum atomic E-state index is -0.894. The molecule has 0 aromatic heterocycles. The van der Waals surface area contributed by atoms with Crippen LogP contribution in [0.4, 0.5) is 0 Å². The average molecular weight is 229 g/mol. The fraction of sp³-hybridized carbons (Fsp3) is 0.909. The molecule has 1 saturated carbocycles. The number of aliphatic hydroxyl groups excluding tert-OH is 2. The van der Waals surface area contributed by atoms with Crippen molar-refractivity contribution in [1.29, 1.82) is 0 Å². The van der Waals surface area contributed by atoms with Crippen LogP contribution in [0.5, 0.6) is 0 Å². The Morgan fingerprint density at radius 3 is 2.50 bits per heavy atom. The van der Waals surface area contributed by atoms with E-state index in [1.54, 1.807) is 4.90 Å². The van der Waals surface area contributed by atoms with Crippen molar-refractivity contribution in [3.05, 3.63) is 0 Å². The van der Waals surface area contributed by atoms with Crippen molar-refractivity contribution in [3.8, 4) is 0 Å². The first-order valence-electron chi connectivity index (χ1n) is 5.94. The number of rotatable bonds is 2. The molecule has 1 aliphatic carbocycles. The Morgan fingerprint density at radius 2 is 1.88 bits per heavy atom. The van der Waals surface area contributed by atoms with Crippen LogP contribution in [0, 0.1) is 0 Å². The molecule has 0 amide bonds. The average Bonchev–Trinajstić information content (AvgIpc) is 2.61.